The number of thiocarbonyl (C=S) groups is 1. The molecule has 4 nitrogen and oxygen atoms in total. The van der Waals surface area contributed by atoms with E-state index >= 15 is 0 Å². The molecule has 17 heavy (non-hydrogen) atoms. The van der Waals surface area contributed by atoms with Crippen LogP contribution in [0.25, 0.3) is 0 Å². The Kier molecular flexibility index (Phi) is 4.65. The molecule has 0 fully saturated rings. The van der Waals surface area contributed by atoms with E-state index in [9.17, 15) is 4.79 Å². The summed E-state index contributed by atoms with van der Waals surface area (Å²) in [6, 6.07) is 0. The number of nitrogens with two attached hydrogens (primary N) is 1. The lowest BCUT2D eigenvalue weighted by atomic mass is 10.2. The Hall–Kier alpha value is -1.40. The Morgan fingerprint density at radius 1 is 1.71 bits per heavy atom. The normalized spacial score (nSPS) is 9.76. The molecule has 92 valence electrons. The van der Waals surface area contributed by atoms with Gasteiger partial charge in [-0.3, -0.25) is 15.2 Å². The first-order chi connectivity index (χ1) is 7.97. The quantitative estimate of drug-likeness (QED) is 0.498. The second kappa shape index (κ2) is 5.79. The number of aryl methyl sites for hydroxylation is 1. The predicted molar refractivity (Wildman–Crippen MR) is 74.9 cm³/mol. The second-order valence-corrected chi connectivity index (χ2v) is 5.01. The highest BCUT2D eigenvalue weighted by Crippen LogP contribution is 2.20. The summed E-state index contributed by atoms with van der Waals surface area (Å²) in [5.74, 6) is -0.207. The van der Waals surface area contributed by atoms with Crippen molar-refractivity contribution < 1.29 is 4.79 Å². The first-order valence-corrected chi connectivity index (χ1v) is 6.29. The van der Waals surface area contributed by atoms with Gasteiger partial charge in [0.25, 0.3) is 5.91 Å². The number of rotatable bonds is 3. The summed E-state index contributed by atoms with van der Waals surface area (Å²) in [7, 11) is 0. The molecular formula is C11H15N3OS2. The average molecular weight is 269 g/mol. The topological polar surface area (TPSA) is 58.4 Å². The molecule has 0 aliphatic rings. The molecule has 0 spiro atoms. The van der Waals surface area contributed by atoms with Gasteiger partial charge < -0.3 is 5.73 Å². The fraction of sp³-hybridized carbons (Fsp3) is 0.273. The minimum Gasteiger partial charge on any atom is -0.375 e. The lowest BCUT2D eigenvalue weighted by molar-refractivity contribution is 0.0879. The van der Waals surface area contributed by atoms with E-state index in [1.54, 1.807) is 17.4 Å². The SMILES string of the molecule is C=CCN(NC(=O)c1csc(C)c1C)C(N)=S. The number of nitrogens with one attached hydrogen (secondary N) is 1. The monoisotopic (exact) mass is 269 g/mol. The number of carbonyl (C=O) groups excluding carboxylic acids is 1. The van der Waals surface area contributed by atoms with E-state index in [4.69, 9.17) is 18.0 Å². The fourth-order valence-corrected chi connectivity index (χ4v) is 2.23. The summed E-state index contributed by atoms with van der Waals surface area (Å²) in [4.78, 5) is 13.1. The average Bonchev–Trinajstić information content (AvgIpc) is 2.59. The van der Waals surface area contributed by atoms with Gasteiger partial charge in [0.15, 0.2) is 5.11 Å². The van der Waals surface area contributed by atoms with E-state index in [-0.39, 0.29) is 11.0 Å². The van der Waals surface area contributed by atoms with Crippen molar-refractivity contribution in [3.8, 4) is 0 Å². The maximum Gasteiger partial charge on any atom is 0.270 e. The van der Waals surface area contributed by atoms with E-state index in [0.29, 0.717) is 12.1 Å². The molecule has 0 radical (unpaired) electrons. The lowest BCUT2D eigenvalue weighted by Crippen LogP contribution is -2.48. The molecule has 0 saturated heterocycles. The zero-order valence-corrected chi connectivity index (χ0v) is 11.5. The Morgan fingerprint density at radius 3 is 2.76 bits per heavy atom. The number of thiophene rings is 1. The molecule has 0 saturated carbocycles. The summed E-state index contributed by atoms with van der Waals surface area (Å²) in [6.07, 6.45) is 1.62. The molecule has 1 amide bonds. The molecule has 0 aromatic carbocycles. The summed E-state index contributed by atoms with van der Waals surface area (Å²) >= 11 is 6.38. The van der Waals surface area contributed by atoms with E-state index in [2.05, 4.69) is 12.0 Å². The highest BCUT2D eigenvalue weighted by atomic mass is 32.1. The van der Waals surface area contributed by atoms with Gasteiger partial charge in [0.2, 0.25) is 0 Å². The van der Waals surface area contributed by atoms with Gasteiger partial charge in [0.1, 0.15) is 0 Å². The zero-order chi connectivity index (χ0) is 13.0. The van der Waals surface area contributed by atoms with Crippen LogP contribution in [0.4, 0.5) is 0 Å². The second-order valence-electron chi connectivity index (χ2n) is 3.51. The molecule has 0 aliphatic heterocycles. The Labute approximate surface area is 110 Å². The van der Waals surface area contributed by atoms with Crippen molar-refractivity contribution in [2.24, 2.45) is 5.73 Å². The molecule has 3 N–H and O–H groups in total. The number of hydrogen-bond donors (Lipinski definition) is 2. The van der Waals surface area contributed by atoms with Crippen molar-refractivity contribution in [3.63, 3.8) is 0 Å². The molecule has 1 aromatic heterocycles. The summed E-state index contributed by atoms with van der Waals surface area (Å²) in [5, 5.41) is 3.32. The molecule has 0 aliphatic carbocycles. The third-order valence-corrected chi connectivity index (χ3v) is 3.58. The number of amides is 1. The van der Waals surface area contributed by atoms with Gasteiger partial charge in [-0.25, -0.2) is 0 Å². The van der Waals surface area contributed by atoms with E-state index in [0.717, 1.165) is 10.4 Å². The van der Waals surface area contributed by atoms with Gasteiger partial charge in [-0.2, -0.15) is 0 Å². The van der Waals surface area contributed by atoms with Gasteiger partial charge in [-0.1, -0.05) is 6.08 Å². The van der Waals surface area contributed by atoms with Crippen molar-refractivity contribution in [2.75, 3.05) is 6.54 Å². The maximum atomic E-state index is 12.0. The molecule has 0 atom stereocenters. The van der Waals surface area contributed by atoms with E-state index in [1.807, 2.05) is 19.2 Å². The lowest BCUT2D eigenvalue weighted by Gasteiger charge is -2.21. The van der Waals surface area contributed by atoms with Crippen molar-refractivity contribution in [1.82, 2.24) is 10.4 Å². The van der Waals surface area contributed by atoms with Gasteiger partial charge in [-0.05, 0) is 31.6 Å². The standard InChI is InChI=1S/C11H15N3OS2/c1-4-5-14(11(12)16)13-10(15)9-6-17-8(3)7(9)2/h4,6H,1,5H2,2-3H3,(H2,12,16)(H,13,15). The van der Waals surface area contributed by atoms with Crippen LogP contribution in [-0.2, 0) is 0 Å². The van der Waals surface area contributed by atoms with Crippen LogP contribution in [0.1, 0.15) is 20.8 Å². The first kappa shape index (κ1) is 13.7. The van der Waals surface area contributed by atoms with Gasteiger partial charge in [0.05, 0.1) is 12.1 Å². The maximum absolute atomic E-state index is 12.0. The van der Waals surface area contributed by atoms with Crippen LogP contribution >= 0.6 is 23.6 Å². The van der Waals surface area contributed by atoms with Crippen LogP contribution in [0.5, 0.6) is 0 Å². The van der Waals surface area contributed by atoms with Crippen LogP contribution in [-0.4, -0.2) is 22.6 Å². The van der Waals surface area contributed by atoms with Crippen molar-refractivity contribution in [3.05, 3.63) is 34.0 Å². The molecule has 1 rings (SSSR count). The third-order valence-electron chi connectivity index (χ3n) is 2.34. The first-order valence-electron chi connectivity index (χ1n) is 5.01. The number of hydrazine groups is 1. The minimum atomic E-state index is -0.207. The zero-order valence-electron chi connectivity index (χ0n) is 9.82. The molecule has 0 bridgehead atoms. The number of carbonyl (C=O) groups is 1. The number of nitrogens with zero attached hydrogens (tertiary/aromatic N) is 1. The summed E-state index contributed by atoms with van der Waals surface area (Å²) < 4.78 is 0. The fourth-order valence-electron chi connectivity index (χ4n) is 1.24. The van der Waals surface area contributed by atoms with Gasteiger partial charge in [0, 0.05) is 10.3 Å². The number of hydrogen-bond acceptors (Lipinski definition) is 3. The van der Waals surface area contributed by atoms with E-state index < -0.39 is 0 Å². The van der Waals surface area contributed by atoms with Crippen LogP contribution in [0, 0.1) is 13.8 Å². The Morgan fingerprint density at radius 2 is 2.35 bits per heavy atom. The molecule has 6 heteroatoms. The highest BCUT2D eigenvalue weighted by molar-refractivity contribution is 7.80. The van der Waals surface area contributed by atoms with Crippen molar-refractivity contribution in [2.45, 2.75) is 13.8 Å². The van der Waals surface area contributed by atoms with Gasteiger partial charge in [-0.15, -0.1) is 17.9 Å². The van der Waals surface area contributed by atoms with Crippen molar-refractivity contribution >= 4 is 34.6 Å². The summed E-state index contributed by atoms with van der Waals surface area (Å²) in [6.45, 7) is 7.85. The highest BCUT2D eigenvalue weighted by Gasteiger charge is 2.15. The molecule has 1 aromatic rings. The molecule has 1 heterocycles. The van der Waals surface area contributed by atoms with Crippen LogP contribution in [0.2, 0.25) is 0 Å². The largest absolute Gasteiger partial charge is 0.375 e. The van der Waals surface area contributed by atoms with Crippen LogP contribution in [0.3, 0.4) is 0 Å². The van der Waals surface area contributed by atoms with E-state index in [1.165, 1.54) is 5.01 Å². The van der Waals surface area contributed by atoms with Crippen molar-refractivity contribution in [1.29, 1.82) is 0 Å². The van der Waals surface area contributed by atoms with Gasteiger partial charge >= 0.3 is 0 Å². The predicted octanol–water partition coefficient (Wildman–Crippen LogP) is 1.74. The molecular weight excluding hydrogens is 254 g/mol. The third kappa shape index (κ3) is 3.28. The van der Waals surface area contributed by atoms with Crippen LogP contribution < -0.4 is 11.2 Å². The summed E-state index contributed by atoms with van der Waals surface area (Å²) in [5.41, 5.74) is 9.77. The Bertz CT molecular complexity index is 454. The smallest absolute Gasteiger partial charge is 0.270 e. The molecule has 0 unspecified atom stereocenters. The minimum absolute atomic E-state index is 0.114. The Balaban J connectivity index is 2.80. The van der Waals surface area contributed by atoms with Crippen LogP contribution in [0.15, 0.2) is 18.0 Å².